The van der Waals surface area contributed by atoms with Crippen molar-refractivity contribution in [1.82, 2.24) is 24.6 Å². The first-order chi connectivity index (χ1) is 16.9. The lowest BCUT2D eigenvalue weighted by molar-refractivity contribution is 0.0269. The van der Waals surface area contributed by atoms with Crippen LogP contribution in [0, 0.1) is 6.92 Å². The van der Waals surface area contributed by atoms with Crippen molar-refractivity contribution in [2.45, 2.75) is 32.1 Å². The molecule has 0 radical (unpaired) electrons. The number of aromatic carboxylic acids is 1. The Morgan fingerprint density at radius 2 is 2.00 bits per heavy atom. The van der Waals surface area contributed by atoms with Gasteiger partial charge in [-0.1, -0.05) is 12.1 Å². The average molecular weight is 472 g/mol. The maximum Gasteiger partial charge on any atom is 0.335 e. The van der Waals surface area contributed by atoms with Crippen LogP contribution in [0.5, 0.6) is 5.75 Å². The summed E-state index contributed by atoms with van der Waals surface area (Å²) >= 11 is 0. The number of aromatic nitrogens is 3. The molecule has 180 valence electrons. The highest BCUT2D eigenvalue weighted by molar-refractivity contribution is 5.88. The van der Waals surface area contributed by atoms with Gasteiger partial charge in [0, 0.05) is 73.7 Å². The van der Waals surface area contributed by atoms with Gasteiger partial charge in [0.1, 0.15) is 5.75 Å². The molecule has 0 unspecified atom stereocenters. The molecule has 0 amide bonds. The summed E-state index contributed by atoms with van der Waals surface area (Å²) in [6, 6.07) is 12.0. The van der Waals surface area contributed by atoms with Crippen LogP contribution in [0.2, 0.25) is 0 Å². The van der Waals surface area contributed by atoms with Crippen molar-refractivity contribution in [3.8, 4) is 5.75 Å². The van der Waals surface area contributed by atoms with Crippen LogP contribution in [-0.2, 0) is 20.1 Å². The Bertz CT molecular complexity index is 1420. The lowest BCUT2D eigenvalue weighted by atomic mass is 9.96. The minimum atomic E-state index is -0.905. The fraction of sp³-hybridized carbons (Fsp3) is 0.333. The predicted molar refractivity (Wildman–Crippen MR) is 132 cm³/mol. The predicted octanol–water partition coefficient (Wildman–Crippen LogP) is 4.03. The van der Waals surface area contributed by atoms with Gasteiger partial charge in [-0.3, -0.25) is 14.5 Å². The number of methoxy groups -OCH3 is 1. The molecule has 4 aromatic rings. The second kappa shape index (κ2) is 8.25. The second-order valence-corrected chi connectivity index (χ2v) is 9.66. The number of aryl methyl sites for hydroxylation is 2. The summed E-state index contributed by atoms with van der Waals surface area (Å²) in [6.07, 6.45) is 4.14. The molecule has 2 aliphatic heterocycles. The Hall–Kier alpha value is -3.62. The second-order valence-electron chi connectivity index (χ2n) is 9.66. The number of ether oxygens (including phenoxy) is 1. The van der Waals surface area contributed by atoms with E-state index in [0.717, 1.165) is 54.3 Å². The molecule has 35 heavy (non-hydrogen) atoms. The Balaban J connectivity index is 1.41. The number of piperazine rings is 1. The summed E-state index contributed by atoms with van der Waals surface area (Å²) in [6.45, 7) is 5.37. The highest BCUT2D eigenvalue weighted by Gasteiger charge is 2.41. The van der Waals surface area contributed by atoms with Crippen molar-refractivity contribution in [1.29, 1.82) is 0 Å². The molecular formula is C27H29N5O3. The van der Waals surface area contributed by atoms with E-state index in [-0.39, 0.29) is 12.1 Å². The molecular weight excluding hydrogens is 442 g/mol. The van der Waals surface area contributed by atoms with Gasteiger partial charge in [-0.05, 0) is 42.3 Å². The monoisotopic (exact) mass is 471 g/mol. The van der Waals surface area contributed by atoms with Crippen LogP contribution in [0.15, 0.2) is 48.8 Å². The minimum Gasteiger partial charge on any atom is -0.496 e. The molecule has 1 saturated heterocycles. The molecule has 2 atom stereocenters. The lowest BCUT2D eigenvalue weighted by Gasteiger charge is -2.44. The summed E-state index contributed by atoms with van der Waals surface area (Å²) in [5, 5.41) is 15.2. The van der Waals surface area contributed by atoms with E-state index in [1.165, 1.54) is 16.5 Å². The zero-order valence-corrected chi connectivity index (χ0v) is 20.2. The van der Waals surface area contributed by atoms with Crippen LogP contribution in [0.3, 0.4) is 0 Å². The van der Waals surface area contributed by atoms with Gasteiger partial charge in [0.15, 0.2) is 0 Å². The average Bonchev–Trinajstić information content (AvgIpc) is 3.55. The lowest BCUT2D eigenvalue weighted by Crippen LogP contribution is -2.47. The van der Waals surface area contributed by atoms with Crippen LogP contribution >= 0.6 is 0 Å². The first-order valence-electron chi connectivity index (χ1n) is 11.9. The quantitative estimate of drug-likeness (QED) is 0.457. The smallest absolute Gasteiger partial charge is 0.335 e. The molecule has 4 heterocycles. The summed E-state index contributed by atoms with van der Waals surface area (Å²) in [5.41, 5.74) is 7.35. The maximum atomic E-state index is 11.4. The molecule has 0 aliphatic carbocycles. The Kier molecular flexibility index (Phi) is 5.16. The molecule has 0 bridgehead atoms. The maximum absolute atomic E-state index is 11.4. The fourth-order valence-corrected chi connectivity index (χ4v) is 5.87. The third-order valence-electron chi connectivity index (χ3n) is 7.58. The van der Waals surface area contributed by atoms with E-state index < -0.39 is 5.97 Å². The van der Waals surface area contributed by atoms with E-state index in [2.05, 4.69) is 40.0 Å². The number of nitrogens with one attached hydrogen (secondary N) is 1. The van der Waals surface area contributed by atoms with Crippen LogP contribution in [-0.4, -0.2) is 55.8 Å². The minimum absolute atomic E-state index is 0.117. The van der Waals surface area contributed by atoms with Crippen LogP contribution in [0.4, 0.5) is 0 Å². The SMILES string of the molecule is COc1cc(C)c2[nH]ccc2c1CN1C[C@@H]2c3cn(C)nc3CN2C[C@@H]1c1ccc(C(=O)O)cc1. The van der Waals surface area contributed by atoms with E-state index in [4.69, 9.17) is 9.84 Å². The number of carboxylic acid groups (broad SMARTS) is 1. The number of hydrogen-bond acceptors (Lipinski definition) is 5. The Morgan fingerprint density at radius 1 is 1.20 bits per heavy atom. The number of benzene rings is 2. The Labute approximate surface area is 203 Å². The topological polar surface area (TPSA) is 86.6 Å². The number of nitrogens with zero attached hydrogens (tertiary/aromatic N) is 4. The number of carbonyl (C=O) groups is 1. The number of aromatic amines is 1. The summed E-state index contributed by atoms with van der Waals surface area (Å²) < 4.78 is 7.76. The first-order valence-corrected chi connectivity index (χ1v) is 11.9. The number of H-pyrrole nitrogens is 1. The van der Waals surface area contributed by atoms with Crippen molar-refractivity contribution in [3.05, 3.63) is 82.3 Å². The van der Waals surface area contributed by atoms with Crippen LogP contribution < -0.4 is 4.74 Å². The molecule has 2 N–H and O–H groups in total. The van der Waals surface area contributed by atoms with E-state index in [0.29, 0.717) is 5.56 Å². The zero-order chi connectivity index (χ0) is 24.3. The number of hydrogen-bond donors (Lipinski definition) is 2. The van der Waals surface area contributed by atoms with Crippen molar-refractivity contribution < 1.29 is 14.6 Å². The Morgan fingerprint density at radius 3 is 2.74 bits per heavy atom. The largest absolute Gasteiger partial charge is 0.496 e. The van der Waals surface area contributed by atoms with Crippen molar-refractivity contribution >= 4 is 16.9 Å². The van der Waals surface area contributed by atoms with Crippen LogP contribution in [0.1, 0.15) is 50.4 Å². The van der Waals surface area contributed by atoms with Crippen LogP contribution in [0.25, 0.3) is 10.9 Å². The van der Waals surface area contributed by atoms with Crippen molar-refractivity contribution in [3.63, 3.8) is 0 Å². The van der Waals surface area contributed by atoms with Gasteiger partial charge in [0.2, 0.25) is 0 Å². The van der Waals surface area contributed by atoms with E-state index in [1.54, 1.807) is 19.2 Å². The van der Waals surface area contributed by atoms with Gasteiger partial charge in [0.25, 0.3) is 0 Å². The molecule has 8 heteroatoms. The van der Waals surface area contributed by atoms with Gasteiger partial charge >= 0.3 is 5.97 Å². The third-order valence-corrected chi connectivity index (χ3v) is 7.58. The highest BCUT2D eigenvalue weighted by Crippen LogP contribution is 2.43. The molecule has 6 rings (SSSR count). The van der Waals surface area contributed by atoms with E-state index >= 15 is 0 Å². The van der Waals surface area contributed by atoms with Gasteiger partial charge in [-0.15, -0.1) is 0 Å². The number of fused-ring (bicyclic) bond motifs is 4. The highest BCUT2D eigenvalue weighted by atomic mass is 16.5. The fourth-order valence-electron chi connectivity index (χ4n) is 5.87. The molecule has 2 aliphatic rings. The molecule has 2 aromatic carbocycles. The normalized spacial score (nSPS) is 20.2. The summed E-state index contributed by atoms with van der Waals surface area (Å²) in [5.74, 6) is -0.0108. The number of rotatable bonds is 5. The molecule has 2 aromatic heterocycles. The van der Waals surface area contributed by atoms with Gasteiger partial charge in [-0.2, -0.15) is 5.10 Å². The van der Waals surface area contributed by atoms with Gasteiger partial charge < -0.3 is 14.8 Å². The first kappa shape index (κ1) is 21.9. The van der Waals surface area contributed by atoms with E-state index in [1.807, 2.05) is 30.1 Å². The molecule has 0 saturated carbocycles. The standard InChI is InChI=1S/C27H29N5O3/c1-16-10-25(35-3)20(19-8-9-28-26(16)19)12-31-15-24-21-11-30(2)29-22(21)13-32(24)14-23(31)17-4-6-18(7-5-17)27(33)34/h4-11,23-24,28H,12-15H2,1-3H3,(H,33,34)/t23-,24-/m1/s1. The van der Waals surface area contributed by atoms with Gasteiger partial charge in [-0.25, -0.2) is 4.79 Å². The van der Waals surface area contributed by atoms with E-state index in [9.17, 15) is 9.90 Å². The molecule has 0 spiro atoms. The van der Waals surface area contributed by atoms with Gasteiger partial charge in [0.05, 0.1) is 24.4 Å². The molecule has 8 nitrogen and oxygen atoms in total. The number of carboxylic acids is 1. The zero-order valence-electron chi connectivity index (χ0n) is 20.2. The van der Waals surface area contributed by atoms with Crippen molar-refractivity contribution in [2.24, 2.45) is 7.05 Å². The molecule has 1 fully saturated rings. The third kappa shape index (κ3) is 3.61. The van der Waals surface area contributed by atoms with Crippen molar-refractivity contribution in [2.75, 3.05) is 20.2 Å². The summed E-state index contributed by atoms with van der Waals surface area (Å²) in [7, 11) is 3.71. The summed E-state index contributed by atoms with van der Waals surface area (Å²) in [4.78, 5) is 19.8.